The number of hydrogen-bond acceptors (Lipinski definition) is 4. The number of hydrogen-bond donors (Lipinski definition) is 1. The SMILES string of the molecule is O=C1CCC2C3Cc4ccc(O)c5c4C2(CCN3CC2CC2)[C@H]1O5. The molecule has 2 aliphatic heterocycles. The third-order valence-electron chi connectivity index (χ3n) is 7.41. The number of Topliss-reactive ketones (excluding diaryl/α,β-unsaturated/α-hetero) is 1. The molecule has 1 aromatic carbocycles. The maximum atomic E-state index is 12.7. The van der Waals surface area contributed by atoms with Gasteiger partial charge in [-0.15, -0.1) is 0 Å². The number of benzene rings is 1. The zero-order chi connectivity index (χ0) is 16.1. The van der Waals surface area contributed by atoms with Crippen LogP contribution in [0.15, 0.2) is 12.1 Å². The zero-order valence-corrected chi connectivity index (χ0v) is 13.8. The van der Waals surface area contributed by atoms with Crippen molar-refractivity contribution in [2.75, 3.05) is 13.1 Å². The molecule has 1 saturated heterocycles. The average molecular weight is 325 g/mol. The van der Waals surface area contributed by atoms with Gasteiger partial charge in [-0.3, -0.25) is 9.69 Å². The normalized spacial score (nSPS) is 39.5. The summed E-state index contributed by atoms with van der Waals surface area (Å²) in [6.07, 6.45) is 6.08. The molecule has 0 radical (unpaired) electrons. The molecule has 0 amide bonds. The van der Waals surface area contributed by atoms with Crippen molar-refractivity contribution >= 4 is 5.78 Å². The Hall–Kier alpha value is -1.55. The first kappa shape index (κ1) is 13.7. The second-order valence-electron chi connectivity index (χ2n) is 8.56. The molecule has 1 aromatic rings. The van der Waals surface area contributed by atoms with Gasteiger partial charge in [0.05, 0.1) is 0 Å². The van der Waals surface area contributed by atoms with Crippen molar-refractivity contribution in [1.82, 2.24) is 4.90 Å². The number of ether oxygens (including phenoxy) is 1. The van der Waals surface area contributed by atoms with Crippen molar-refractivity contribution in [3.63, 3.8) is 0 Å². The molecule has 126 valence electrons. The second-order valence-corrected chi connectivity index (χ2v) is 8.56. The Balaban J connectivity index is 1.53. The standard InChI is InChI=1S/C20H23NO3/c22-15-5-3-12-9-14-13-4-6-16(23)19-20(13,17(12)18(15)24-19)7-8-21(14)10-11-1-2-11/h3,5,11,13-14,19,22H,1-2,4,6-10H2/t13?,14?,19-,20?/m0/s1. The van der Waals surface area contributed by atoms with Crippen molar-refractivity contribution in [3.05, 3.63) is 23.3 Å². The number of aromatic hydroxyl groups is 1. The van der Waals surface area contributed by atoms with Crippen LogP contribution in [0.25, 0.3) is 0 Å². The Bertz CT molecular complexity index is 755. The third-order valence-corrected chi connectivity index (χ3v) is 7.41. The molecule has 4 atom stereocenters. The first-order chi connectivity index (χ1) is 11.7. The Morgan fingerprint density at radius 2 is 2.17 bits per heavy atom. The lowest BCUT2D eigenvalue weighted by molar-refractivity contribution is -0.138. The van der Waals surface area contributed by atoms with E-state index in [1.807, 2.05) is 0 Å². The molecule has 2 saturated carbocycles. The van der Waals surface area contributed by atoms with Gasteiger partial charge in [0.2, 0.25) is 0 Å². The Morgan fingerprint density at radius 3 is 3.00 bits per heavy atom. The highest BCUT2D eigenvalue weighted by Crippen LogP contribution is 2.63. The summed E-state index contributed by atoms with van der Waals surface area (Å²) in [5.41, 5.74) is 2.33. The number of rotatable bonds is 2. The Kier molecular flexibility index (Phi) is 2.48. The Morgan fingerprint density at radius 1 is 1.29 bits per heavy atom. The van der Waals surface area contributed by atoms with Crippen LogP contribution in [0.5, 0.6) is 11.5 Å². The molecule has 24 heavy (non-hydrogen) atoms. The number of phenols is 1. The molecule has 0 aromatic heterocycles. The molecule has 3 unspecified atom stereocenters. The summed E-state index contributed by atoms with van der Waals surface area (Å²) in [7, 11) is 0. The van der Waals surface area contributed by atoms with Gasteiger partial charge >= 0.3 is 0 Å². The lowest BCUT2D eigenvalue weighted by Gasteiger charge is -2.57. The van der Waals surface area contributed by atoms with Gasteiger partial charge in [-0.2, -0.15) is 0 Å². The predicted octanol–water partition coefficient (Wildman–Crippen LogP) is 2.41. The van der Waals surface area contributed by atoms with Crippen molar-refractivity contribution in [2.45, 2.75) is 56.1 Å². The van der Waals surface area contributed by atoms with Gasteiger partial charge in [-0.05, 0) is 62.1 Å². The van der Waals surface area contributed by atoms with E-state index in [4.69, 9.17) is 4.74 Å². The first-order valence-corrected chi connectivity index (χ1v) is 9.47. The largest absolute Gasteiger partial charge is 0.504 e. The van der Waals surface area contributed by atoms with E-state index in [0.717, 1.165) is 31.7 Å². The number of ketones is 1. The molecule has 1 N–H and O–H groups in total. The van der Waals surface area contributed by atoms with Crippen LogP contribution >= 0.6 is 0 Å². The van der Waals surface area contributed by atoms with Gasteiger partial charge in [0.25, 0.3) is 0 Å². The average Bonchev–Trinajstić information content (AvgIpc) is 3.32. The lowest BCUT2D eigenvalue weighted by Crippen LogP contribution is -2.66. The van der Waals surface area contributed by atoms with Crippen LogP contribution in [-0.2, 0) is 16.6 Å². The molecule has 6 rings (SSSR count). The maximum absolute atomic E-state index is 12.7. The van der Waals surface area contributed by atoms with Crippen molar-refractivity contribution in [1.29, 1.82) is 0 Å². The highest BCUT2D eigenvalue weighted by molar-refractivity contribution is 5.89. The van der Waals surface area contributed by atoms with Crippen molar-refractivity contribution in [2.24, 2.45) is 11.8 Å². The van der Waals surface area contributed by atoms with E-state index in [2.05, 4.69) is 11.0 Å². The molecule has 2 heterocycles. The summed E-state index contributed by atoms with van der Waals surface area (Å²) in [5, 5.41) is 10.3. The zero-order valence-electron chi connectivity index (χ0n) is 13.8. The highest BCUT2D eigenvalue weighted by Gasteiger charge is 2.65. The predicted molar refractivity (Wildman–Crippen MR) is 88.3 cm³/mol. The minimum atomic E-state index is -0.357. The lowest BCUT2D eigenvalue weighted by atomic mass is 9.51. The van der Waals surface area contributed by atoms with E-state index in [-0.39, 0.29) is 23.1 Å². The third kappa shape index (κ3) is 1.52. The maximum Gasteiger partial charge on any atom is 0.174 e. The van der Waals surface area contributed by atoms with Crippen LogP contribution in [0.1, 0.15) is 43.2 Å². The molecule has 3 aliphatic carbocycles. The number of piperidine rings is 1. The fourth-order valence-corrected chi connectivity index (χ4v) is 6.27. The number of likely N-dealkylation sites (tertiary alicyclic amines) is 1. The number of carbonyl (C=O) groups excluding carboxylic acids is 1. The van der Waals surface area contributed by atoms with Crippen LogP contribution < -0.4 is 4.74 Å². The summed E-state index contributed by atoms with van der Waals surface area (Å²) in [4.78, 5) is 15.4. The van der Waals surface area contributed by atoms with E-state index in [1.54, 1.807) is 6.07 Å². The summed E-state index contributed by atoms with van der Waals surface area (Å²) < 4.78 is 6.13. The fraction of sp³-hybridized carbons (Fsp3) is 0.650. The molecule has 4 nitrogen and oxygen atoms in total. The molecule has 2 bridgehead atoms. The highest BCUT2D eigenvalue weighted by atomic mass is 16.5. The van der Waals surface area contributed by atoms with Crippen LogP contribution in [-0.4, -0.2) is 41.0 Å². The monoisotopic (exact) mass is 325 g/mol. The van der Waals surface area contributed by atoms with Gasteiger partial charge < -0.3 is 9.84 Å². The smallest absolute Gasteiger partial charge is 0.174 e. The van der Waals surface area contributed by atoms with Crippen LogP contribution in [0.3, 0.4) is 0 Å². The summed E-state index contributed by atoms with van der Waals surface area (Å²) in [6.45, 7) is 2.30. The number of phenolic OH excluding ortho intramolecular Hbond substituents is 1. The second kappa shape index (κ2) is 4.34. The van der Waals surface area contributed by atoms with Gasteiger partial charge in [0.15, 0.2) is 23.4 Å². The van der Waals surface area contributed by atoms with E-state index in [0.29, 0.717) is 24.1 Å². The molecular formula is C20H23NO3. The van der Waals surface area contributed by atoms with Crippen LogP contribution in [0.2, 0.25) is 0 Å². The quantitative estimate of drug-likeness (QED) is 0.907. The molecular weight excluding hydrogens is 302 g/mol. The van der Waals surface area contributed by atoms with Gasteiger partial charge in [-0.25, -0.2) is 0 Å². The summed E-state index contributed by atoms with van der Waals surface area (Å²) >= 11 is 0. The van der Waals surface area contributed by atoms with Crippen molar-refractivity contribution in [3.8, 4) is 11.5 Å². The Labute approximate surface area is 141 Å². The van der Waals surface area contributed by atoms with E-state index in [1.165, 1.54) is 30.5 Å². The first-order valence-electron chi connectivity index (χ1n) is 9.47. The number of nitrogens with zero attached hydrogens (tertiary/aromatic N) is 1. The molecule has 5 aliphatic rings. The van der Waals surface area contributed by atoms with Crippen molar-refractivity contribution < 1.29 is 14.6 Å². The van der Waals surface area contributed by atoms with Gasteiger partial charge in [0, 0.05) is 30.0 Å². The van der Waals surface area contributed by atoms with Crippen LogP contribution in [0, 0.1) is 11.8 Å². The van der Waals surface area contributed by atoms with E-state index in [9.17, 15) is 9.90 Å². The topological polar surface area (TPSA) is 49.8 Å². The minimum Gasteiger partial charge on any atom is -0.504 e. The summed E-state index contributed by atoms with van der Waals surface area (Å²) in [5.74, 6) is 2.47. The molecule has 4 heteroatoms. The summed E-state index contributed by atoms with van der Waals surface area (Å²) in [6, 6.07) is 4.37. The fourth-order valence-electron chi connectivity index (χ4n) is 6.27. The van der Waals surface area contributed by atoms with Crippen LogP contribution in [0.4, 0.5) is 0 Å². The molecule has 1 spiro atoms. The van der Waals surface area contributed by atoms with Gasteiger partial charge in [-0.1, -0.05) is 6.07 Å². The number of carbonyl (C=O) groups is 1. The molecule has 3 fully saturated rings. The minimum absolute atomic E-state index is 0.165. The van der Waals surface area contributed by atoms with Gasteiger partial charge in [0.1, 0.15) is 0 Å². The van der Waals surface area contributed by atoms with E-state index < -0.39 is 0 Å². The van der Waals surface area contributed by atoms with E-state index >= 15 is 0 Å².